The molecule has 13 heavy (non-hydrogen) atoms. The van der Waals surface area contributed by atoms with Crippen LogP contribution in [0.5, 0.6) is 0 Å². The van der Waals surface area contributed by atoms with Gasteiger partial charge in [0, 0.05) is 0 Å². The third kappa shape index (κ3) is 3.35. The maximum Gasteiger partial charge on any atom is 0.308 e. The van der Waals surface area contributed by atoms with E-state index in [-0.39, 0.29) is 17.5 Å². The normalized spacial score (nSPS) is 25.9. The molecule has 1 rings (SSSR count). The van der Waals surface area contributed by atoms with Gasteiger partial charge < -0.3 is 9.47 Å². The molecule has 0 spiro atoms. The fraction of sp³-hybridized carbons (Fsp3) is 0.900. The molecule has 3 nitrogen and oxygen atoms in total. The van der Waals surface area contributed by atoms with Crippen LogP contribution in [0.15, 0.2) is 0 Å². The van der Waals surface area contributed by atoms with Crippen LogP contribution in [0.4, 0.5) is 0 Å². The Kier molecular flexibility index (Phi) is 3.31. The van der Waals surface area contributed by atoms with Crippen molar-refractivity contribution in [1.29, 1.82) is 0 Å². The van der Waals surface area contributed by atoms with Crippen LogP contribution in [0.2, 0.25) is 0 Å². The summed E-state index contributed by atoms with van der Waals surface area (Å²) in [5, 5.41) is 0. The minimum Gasteiger partial charge on any atom is -0.466 e. The summed E-state index contributed by atoms with van der Waals surface area (Å²) in [7, 11) is 0. The third-order valence-electron chi connectivity index (χ3n) is 2.19. The minimum atomic E-state index is -0.148. The van der Waals surface area contributed by atoms with Crippen LogP contribution in [0, 0.1) is 5.41 Å². The molecule has 1 saturated heterocycles. The van der Waals surface area contributed by atoms with Gasteiger partial charge in [-0.15, -0.1) is 0 Å². The monoisotopic (exact) mass is 186 g/mol. The number of carbonyl (C=O) groups excluding carboxylic acids is 1. The molecule has 0 aromatic rings. The summed E-state index contributed by atoms with van der Waals surface area (Å²) in [5.41, 5.74) is 0.219. The first-order chi connectivity index (χ1) is 6.03. The highest BCUT2D eigenvalue weighted by atomic mass is 16.5. The molecule has 0 N–H and O–H groups in total. The molecule has 1 unspecified atom stereocenters. The topological polar surface area (TPSA) is 35.5 Å². The summed E-state index contributed by atoms with van der Waals surface area (Å²) >= 11 is 0. The smallest absolute Gasteiger partial charge is 0.308 e. The molecular weight excluding hydrogens is 168 g/mol. The van der Waals surface area contributed by atoms with Gasteiger partial charge in [0.1, 0.15) is 0 Å². The minimum absolute atomic E-state index is 0.0639. The van der Waals surface area contributed by atoms with E-state index in [1.54, 1.807) is 0 Å². The van der Waals surface area contributed by atoms with Gasteiger partial charge in [-0.05, 0) is 18.8 Å². The Morgan fingerprint density at radius 2 is 2.31 bits per heavy atom. The molecule has 0 radical (unpaired) electrons. The van der Waals surface area contributed by atoms with Crippen molar-refractivity contribution in [2.45, 2.75) is 39.7 Å². The molecule has 0 aliphatic carbocycles. The molecule has 0 bridgehead atoms. The summed E-state index contributed by atoms with van der Waals surface area (Å²) in [6.07, 6.45) is 1.41. The lowest BCUT2D eigenvalue weighted by Crippen LogP contribution is -2.16. The number of ether oxygens (including phenoxy) is 2. The number of carbonyl (C=O) groups is 1. The van der Waals surface area contributed by atoms with Gasteiger partial charge in [-0.2, -0.15) is 0 Å². The Hall–Kier alpha value is -0.570. The number of hydrogen-bond donors (Lipinski definition) is 0. The zero-order chi connectivity index (χ0) is 9.90. The van der Waals surface area contributed by atoms with E-state index in [2.05, 4.69) is 13.8 Å². The van der Waals surface area contributed by atoms with Crippen LogP contribution in [0.25, 0.3) is 0 Å². The molecule has 0 saturated carbocycles. The lowest BCUT2D eigenvalue weighted by molar-refractivity contribution is -0.145. The van der Waals surface area contributed by atoms with Crippen LogP contribution in [-0.2, 0) is 14.3 Å². The van der Waals surface area contributed by atoms with Crippen molar-refractivity contribution >= 4 is 5.97 Å². The van der Waals surface area contributed by atoms with Gasteiger partial charge in [-0.3, -0.25) is 4.79 Å². The highest BCUT2D eigenvalue weighted by Gasteiger charge is 2.33. The number of hydrogen-bond acceptors (Lipinski definition) is 3. The molecule has 3 heteroatoms. The van der Waals surface area contributed by atoms with Crippen LogP contribution in [0.3, 0.4) is 0 Å². The summed E-state index contributed by atoms with van der Waals surface area (Å²) < 4.78 is 10.3. The Labute approximate surface area is 79.4 Å². The molecule has 0 aromatic carbocycles. The van der Waals surface area contributed by atoms with Crippen LogP contribution in [0.1, 0.15) is 33.6 Å². The van der Waals surface area contributed by atoms with Crippen LogP contribution < -0.4 is 0 Å². The van der Waals surface area contributed by atoms with E-state index in [0.717, 1.165) is 13.0 Å². The molecule has 0 amide bonds. The average molecular weight is 186 g/mol. The van der Waals surface area contributed by atoms with Crippen molar-refractivity contribution in [3.63, 3.8) is 0 Å². The van der Waals surface area contributed by atoms with Crippen molar-refractivity contribution in [2.75, 3.05) is 13.2 Å². The molecule has 1 aliphatic heterocycles. The zero-order valence-electron chi connectivity index (χ0n) is 8.63. The third-order valence-corrected chi connectivity index (χ3v) is 2.19. The van der Waals surface area contributed by atoms with Gasteiger partial charge in [0.2, 0.25) is 0 Å². The van der Waals surface area contributed by atoms with Gasteiger partial charge in [-0.25, -0.2) is 0 Å². The van der Waals surface area contributed by atoms with Crippen LogP contribution >= 0.6 is 0 Å². The molecule has 1 heterocycles. The summed E-state index contributed by atoms with van der Waals surface area (Å²) in [5.74, 6) is -0.148. The molecule has 1 fully saturated rings. The molecule has 1 aliphatic rings. The molecule has 76 valence electrons. The summed E-state index contributed by atoms with van der Waals surface area (Å²) in [6.45, 7) is 7.32. The summed E-state index contributed by atoms with van der Waals surface area (Å²) in [6, 6.07) is 0. The Balaban J connectivity index is 2.28. The largest absolute Gasteiger partial charge is 0.466 e. The lowest BCUT2D eigenvalue weighted by Gasteiger charge is -2.13. The van der Waals surface area contributed by atoms with Gasteiger partial charge in [0.05, 0.1) is 25.7 Å². The van der Waals surface area contributed by atoms with Gasteiger partial charge in [-0.1, -0.05) is 13.8 Å². The maximum absolute atomic E-state index is 11.1. The predicted octanol–water partition coefficient (Wildman–Crippen LogP) is 1.75. The molecule has 1 atom stereocenters. The summed E-state index contributed by atoms with van der Waals surface area (Å²) in [4.78, 5) is 11.1. The SMILES string of the molecule is CCOC(=O)CC1CC(C)(C)CO1. The van der Waals surface area contributed by atoms with Crippen molar-refractivity contribution < 1.29 is 14.3 Å². The quantitative estimate of drug-likeness (QED) is 0.630. The first kappa shape index (κ1) is 10.5. The fourth-order valence-electron chi connectivity index (χ4n) is 1.61. The second-order valence-corrected chi connectivity index (χ2v) is 4.31. The highest BCUT2D eigenvalue weighted by molar-refractivity contribution is 5.69. The Morgan fingerprint density at radius 3 is 2.77 bits per heavy atom. The lowest BCUT2D eigenvalue weighted by atomic mass is 9.90. The van der Waals surface area contributed by atoms with E-state index in [9.17, 15) is 4.79 Å². The van der Waals surface area contributed by atoms with Crippen molar-refractivity contribution in [3.05, 3.63) is 0 Å². The highest BCUT2D eigenvalue weighted by Crippen LogP contribution is 2.32. The van der Waals surface area contributed by atoms with Crippen molar-refractivity contribution in [1.82, 2.24) is 0 Å². The molecular formula is C10H18O3. The zero-order valence-corrected chi connectivity index (χ0v) is 8.63. The van der Waals surface area contributed by atoms with Gasteiger partial charge in [0.25, 0.3) is 0 Å². The van der Waals surface area contributed by atoms with Gasteiger partial charge in [0.15, 0.2) is 0 Å². The molecule has 0 aromatic heterocycles. The van der Waals surface area contributed by atoms with E-state index in [4.69, 9.17) is 9.47 Å². The standard InChI is InChI=1S/C10H18O3/c1-4-12-9(11)5-8-6-10(2,3)7-13-8/h8H,4-7H2,1-3H3. The Morgan fingerprint density at radius 1 is 1.62 bits per heavy atom. The van der Waals surface area contributed by atoms with E-state index in [1.165, 1.54) is 0 Å². The van der Waals surface area contributed by atoms with Crippen LogP contribution in [-0.4, -0.2) is 25.3 Å². The second kappa shape index (κ2) is 4.09. The maximum atomic E-state index is 11.1. The Bertz CT molecular complexity index is 187. The van der Waals surface area contributed by atoms with E-state index in [0.29, 0.717) is 13.0 Å². The second-order valence-electron chi connectivity index (χ2n) is 4.31. The average Bonchev–Trinajstić information content (AvgIpc) is 2.30. The first-order valence-corrected chi connectivity index (χ1v) is 4.81. The predicted molar refractivity (Wildman–Crippen MR) is 49.4 cm³/mol. The number of esters is 1. The number of rotatable bonds is 3. The van der Waals surface area contributed by atoms with E-state index < -0.39 is 0 Å². The fourth-order valence-corrected chi connectivity index (χ4v) is 1.61. The first-order valence-electron chi connectivity index (χ1n) is 4.81. The van der Waals surface area contributed by atoms with Crippen molar-refractivity contribution in [2.24, 2.45) is 5.41 Å². The van der Waals surface area contributed by atoms with E-state index >= 15 is 0 Å². The van der Waals surface area contributed by atoms with Crippen molar-refractivity contribution in [3.8, 4) is 0 Å². The van der Waals surface area contributed by atoms with Gasteiger partial charge >= 0.3 is 5.97 Å². The van der Waals surface area contributed by atoms with E-state index in [1.807, 2.05) is 6.92 Å².